The van der Waals surface area contributed by atoms with Gasteiger partial charge >= 0.3 is 5.69 Å². The summed E-state index contributed by atoms with van der Waals surface area (Å²) in [7, 11) is 0. The summed E-state index contributed by atoms with van der Waals surface area (Å²) in [5.41, 5.74) is 3.11. The zero-order valence-electron chi connectivity index (χ0n) is 22.6. The van der Waals surface area contributed by atoms with Crippen LogP contribution in [0.2, 0.25) is 0 Å². The van der Waals surface area contributed by atoms with Crippen LogP contribution >= 0.6 is 0 Å². The molecule has 6 nitrogen and oxygen atoms in total. The normalized spacial score (nSPS) is 15.7. The van der Waals surface area contributed by atoms with E-state index in [0.717, 1.165) is 31.2 Å². The summed E-state index contributed by atoms with van der Waals surface area (Å²) < 4.78 is 12.4. The maximum Gasteiger partial charge on any atom is 0.315 e. The van der Waals surface area contributed by atoms with Gasteiger partial charge in [0.2, 0.25) is 5.75 Å². The molecule has 4 rings (SSSR count). The lowest BCUT2D eigenvalue weighted by Crippen LogP contribution is -2.20. The van der Waals surface area contributed by atoms with E-state index in [0.29, 0.717) is 22.7 Å². The molecule has 0 radical (unpaired) electrons. The van der Waals surface area contributed by atoms with Crippen molar-refractivity contribution in [2.24, 2.45) is 0 Å². The summed E-state index contributed by atoms with van der Waals surface area (Å²) in [5, 5.41) is 12.0. The second-order valence-corrected chi connectivity index (χ2v) is 11.6. The predicted octanol–water partition coefficient (Wildman–Crippen LogP) is 9.34. The van der Waals surface area contributed by atoms with Crippen LogP contribution in [0.3, 0.4) is 0 Å². The van der Waals surface area contributed by atoms with Crippen LogP contribution in [0.15, 0.2) is 34.7 Å². The number of rotatable bonds is 8. The molecule has 6 heteroatoms. The molecule has 0 spiro atoms. The van der Waals surface area contributed by atoms with Crippen molar-refractivity contribution in [3.8, 4) is 11.5 Å². The van der Waals surface area contributed by atoms with E-state index >= 15 is 0 Å². The van der Waals surface area contributed by atoms with E-state index in [1.54, 1.807) is 6.07 Å². The molecule has 1 saturated carbocycles. The standard InChI is InChI=1S/C30H40N2O4/c1-7-29(3,4)21-15-16-25(22(17-21)30(5,6)8-2)35-27-18-23-26(19-24(27)32(33)34)36-28(31-23)20-13-11-9-10-12-14-20/h15-20H,7-14H2,1-6H3. The van der Waals surface area contributed by atoms with E-state index in [2.05, 4.69) is 53.7 Å². The lowest BCUT2D eigenvalue weighted by atomic mass is 9.76. The van der Waals surface area contributed by atoms with Crippen molar-refractivity contribution in [3.63, 3.8) is 0 Å². The molecule has 0 aliphatic heterocycles. The Morgan fingerprint density at radius 2 is 1.64 bits per heavy atom. The molecule has 0 saturated heterocycles. The van der Waals surface area contributed by atoms with Crippen molar-refractivity contribution < 1.29 is 14.1 Å². The first kappa shape index (κ1) is 26.2. The SMILES string of the molecule is CCC(C)(C)c1ccc(Oc2cc3nc(C4CCCCCC4)oc3cc2[N+](=O)[O-])c(C(C)(C)CC)c1. The van der Waals surface area contributed by atoms with Crippen LogP contribution in [0.1, 0.15) is 116 Å². The van der Waals surface area contributed by atoms with Gasteiger partial charge in [0.1, 0.15) is 11.3 Å². The fourth-order valence-corrected chi connectivity index (χ4v) is 4.97. The van der Waals surface area contributed by atoms with E-state index < -0.39 is 4.92 Å². The number of oxazole rings is 1. The van der Waals surface area contributed by atoms with Gasteiger partial charge in [0.05, 0.1) is 11.0 Å². The van der Waals surface area contributed by atoms with Crippen LogP contribution in [-0.2, 0) is 10.8 Å². The third-order valence-electron chi connectivity index (χ3n) is 8.36. The van der Waals surface area contributed by atoms with Crippen molar-refractivity contribution in [3.05, 3.63) is 57.5 Å². The average Bonchev–Trinajstić information content (AvgIpc) is 3.07. The Balaban J connectivity index is 1.77. The highest BCUT2D eigenvalue weighted by molar-refractivity contribution is 5.79. The third-order valence-corrected chi connectivity index (χ3v) is 8.36. The van der Waals surface area contributed by atoms with E-state index in [1.165, 1.54) is 37.3 Å². The molecular formula is C30H40N2O4. The molecule has 1 fully saturated rings. The van der Waals surface area contributed by atoms with Crippen molar-refractivity contribution >= 4 is 16.8 Å². The van der Waals surface area contributed by atoms with Crippen LogP contribution in [0.5, 0.6) is 11.5 Å². The zero-order chi connectivity index (χ0) is 26.1. The van der Waals surface area contributed by atoms with Crippen LogP contribution < -0.4 is 4.74 Å². The van der Waals surface area contributed by atoms with Gasteiger partial charge in [-0.15, -0.1) is 0 Å². The molecule has 0 N–H and O–H groups in total. The Hall–Kier alpha value is -2.89. The van der Waals surface area contributed by atoms with Gasteiger partial charge in [-0.05, 0) is 48.1 Å². The number of hydrogen-bond donors (Lipinski definition) is 0. The van der Waals surface area contributed by atoms with Crippen LogP contribution in [0.25, 0.3) is 11.1 Å². The average molecular weight is 493 g/mol. The molecule has 1 aliphatic carbocycles. The number of nitro groups is 1. The molecule has 194 valence electrons. The number of hydrogen-bond acceptors (Lipinski definition) is 5. The van der Waals surface area contributed by atoms with Crippen molar-refractivity contribution in [2.45, 2.75) is 110 Å². The number of aromatic nitrogens is 1. The Morgan fingerprint density at radius 1 is 0.972 bits per heavy atom. The minimum atomic E-state index is -0.401. The smallest absolute Gasteiger partial charge is 0.315 e. The Morgan fingerprint density at radius 3 is 2.25 bits per heavy atom. The highest BCUT2D eigenvalue weighted by atomic mass is 16.6. The van der Waals surface area contributed by atoms with E-state index in [-0.39, 0.29) is 28.2 Å². The van der Waals surface area contributed by atoms with Gasteiger partial charge < -0.3 is 9.15 Å². The zero-order valence-corrected chi connectivity index (χ0v) is 22.6. The van der Waals surface area contributed by atoms with Gasteiger partial charge in [0, 0.05) is 17.5 Å². The topological polar surface area (TPSA) is 78.4 Å². The molecule has 0 atom stereocenters. The van der Waals surface area contributed by atoms with Gasteiger partial charge in [0.25, 0.3) is 0 Å². The summed E-state index contributed by atoms with van der Waals surface area (Å²) in [5.74, 6) is 1.81. The maximum absolute atomic E-state index is 12.0. The Kier molecular flexibility index (Phi) is 7.44. The molecule has 3 aromatic rings. The predicted molar refractivity (Wildman–Crippen MR) is 144 cm³/mol. The molecule has 0 bridgehead atoms. The minimum absolute atomic E-state index is 0.0249. The number of benzene rings is 2. The summed E-state index contributed by atoms with van der Waals surface area (Å²) >= 11 is 0. The number of ether oxygens (including phenoxy) is 1. The van der Waals surface area contributed by atoms with E-state index in [1.807, 2.05) is 6.07 Å². The van der Waals surface area contributed by atoms with Crippen LogP contribution in [-0.4, -0.2) is 9.91 Å². The number of nitrogens with zero attached hydrogens (tertiary/aromatic N) is 2. The molecule has 0 amide bonds. The molecule has 1 aromatic heterocycles. The first-order valence-corrected chi connectivity index (χ1v) is 13.5. The van der Waals surface area contributed by atoms with Gasteiger partial charge in [0.15, 0.2) is 11.5 Å². The third kappa shape index (κ3) is 5.28. The highest BCUT2D eigenvalue weighted by Gasteiger charge is 2.29. The minimum Gasteiger partial charge on any atom is -0.450 e. The second-order valence-electron chi connectivity index (χ2n) is 11.6. The summed E-state index contributed by atoms with van der Waals surface area (Å²) in [6, 6.07) is 9.40. The van der Waals surface area contributed by atoms with Crippen molar-refractivity contribution in [1.29, 1.82) is 0 Å². The first-order valence-electron chi connectivity index (χ1n) is 13.5. The number of nitro benzene ring substituents is 1. The molecule has 1 aliphatic rings. The van der Waals surface area contributed by atoms with Crippen molar-refractivity contribution in [1.82, 2.24) is 4.98 Å². The first-order chi connectivity index (χ1) is 17.1. The summed E-state index contributed by atoms with van der Waals surface area (Å²) in [4.78, 5) is 16.4. The molecule has 1 heterocycles. The maximum atomic E-state index is 12.0. The quantitative estimate of drug-likeness (QED) is 0.178. The fraction of sp³-hybridized carbons (Fsp3) is 0.567. The number of fused-ring (bicyclic) bond motifs is 1. The Bertz CT molecular complexity index is 1230. The van der Waals surface area contributed by atoms with E-state index in [9.17, 15) is 10.1 Å². The van der Waals surface area contributed by atoms with Crippen LogP contribution in [0, 0.1) is 10.1 Å². The molecule has 36 heavy (non-hydrogen) atoms. The molecule has 0 unspecified atom stereocenters. The molecule has 2 aromatic carbocycles. The van der Waals surface area contributed by atoms with Gasteiger partial charge in [-0.3, -0.25) is 10.1 Å². The van der Waals surface area contributed by atoms with Crippen LogP contribution in [0.4, 0.5) is 5.69 Å². The Labute approximate surface area is 214 Å². The summed E-state index contributed by atoms with van der Waals surface area (Å²) in [6.07, 6.45) is 8.83. The highest BCUT2D eigenvalue weighted by Crippen LogP contribution is 2.43. The lowest BCUT2D eigenvalue weighted by Gasteiger charge is -2.30. The van der Waals surface area contributed by atoms with Gasteiger partial charge in [-0.2, -0.15) is 0 Å². The second kappa shape index (κ2) is 10.2. The van der Waals surface area contributed by atoms with E-state index in [4.69, 9.17) is 14.1 Å². The fourth-order valence-electron chi connectivity index (χ4n) is 4.97. The largest absolute Gasteiger partial charge is 0.450 e. The lowest BCUT2D eigenvalue weighted by molar-refractivity contribution is -0.385. The summed E-state index contributed by atoms with van der Waals surface area (Å²) in [6.45, 7) is 13.2. The molecular weight excluding hydrogens is 452 g/mol. The van der Waals surface area contributed by atoms with Gasteiger partial charge in [-0.1, -0.05) is 79.4 Å². The monoisotopic (exact) mass is 492 g/mol. The van der Waals surface area contributed by atoms with Crippen molar-refractivity contribution in [2.75, 3.05) is 0 Å². The van der Waals surface area contributed by atoms with Gasteiger partial charge in [-0.25, -0.2) is 4.98 Å².